The van der Waals surface area contributed by atoms with Crippen molar-refractivity contribution in [2.24, 2.45) is 0 Å². The van der Waals surface area contributed by atoms with Crippen LogP contribution >= 0.6 is 31.9 Å². The van der Waals surface area contributed by atoms with E-state index in [9.17, 15) is 9.18 Å². The van der Waals surface area contributed by atoms with Crippen LogP contribution in [0.15, 0.2) is 45.3 Å². The van der Waals surface area contributed by atoms with Crippen LogP contribution in [0, 0.1) is 12.7 Å². The van der Waals surface area contributed by atoms with Gasteiger partial charge in [0, 0.05) is 16.5 Å². The summed E-state index contributed by atoms with van der Waals surface area (Å²) in [6.45, 7) is 1.96. The van der Waals surface area contributed by atoms with Gasteiger partial charge in [-0.25, -0.2) is 4.39 Å². The monoisotopic (exact) mass is 384 g/mol. The van der Waals surface area contributed by atoms with Gasteiger partial charge in [0.1, 0.15) is 5.82 Å². The largest absolute Gasteiger partial charge is 0.294 e. The van der Waals surface area contributed by atoms with E-state index in [1.54, 1.807) is 18.2 Å². The number of halogens is 3. The van der Waals surface area contributed by atoms with Crippen molar-refractivity contribution in [2.75, 3.05) is 0 Å². The Morgan fingerprint density at radius 2 is 1.95 bits per heavy atom. The molecule has 0 aromatic heterocycles. The fourth-order valence-corrected chi connectivity index (χ4v) is 2.92. The lowest BCUT2D eigenvalue weighted by atomic mass is 10.0. The number of carbonyl (C=O) groups is 1. The number of benzene rings is 2. The first-order valence-electron chi connectivity index (χ1n) is 5.71. The molecule has 2 aromatic rings. The van der Waals surface area contributed by atoms with Crippen LogP contribution in [-0.4, -0.2) is 5.78 Å². The molecular weight excluding hydrogens is 375 g/mol. The van der Waals surface area contributed by atoms with Gasteiger partial charge in [-0.3, -0.25) is 4.79 Å². The maximum atomic E-state index is 13.4. The van der Waals surface area contributed by atoms with Crippen molar-refractivity contribution in [1.29, 1.82) is 0 Å². The number of hydrogen-bond donors (Lipinski definition) is 0. The molecule has 0 fully saturated rings. The zero-order valence-electron chi connectivity index (χ0n) is 10.2. The molecule has 0 aliphatic rings. The summed E-state index contributed by atoms with van der Waals surface area (Å²) in [7, 11) is 0. The highest BCUT2D eigenvalue weighted by Crippen LogP contribution is 2.24. The Kier molecular flexibility index (Phi) is 4.53. The molecule has 2 aromatic carbocycles. The van der Waals surface area contributed by atoms with E-state index < -0.39 is 0 Å². The van der Waals surface area contributed by atoms with Gasteiger partial charge in [-0.1, -0.05) is 34.1 Å². The second-order valence-electron chi connectivity index (χ2n) is 4.30. The van der Waals surface area contributed by atoms with E-state index in [1.807, 2.05) is 19.1 Å². The zero-order chi connectivity index (χ0) is 14.0. The average molecular weight is 386 g/mol. The van der Waals surface area contributed by atoms with Crippen molar-refractivity contribution in [3.63, 3.8) is 0 Å². The fraction of sp³-hybridized carbons (Fsp3) is 0.133. The van der Waals surface area contributed by atoms with E-state index in [0.717, 1.165) is 10.0 Å². The Morgan fingerprint density at radius 1 is 1.21 bits per heavy atom. The van der Waals surface area contributed by atoms with Crippen molar-refractivity contribution < 1.29 is 9.18 Å². The molecule has 0 radical (unpaired) electrons. The summed E-state index contributed by atoms with van der Waals surface area (Å²) in [5, 5.41) is 0. The molecule has 98 valence electrons. The summed E-state index contributed by atoms with van der Waals surface area (Å²) in [6.07, 6.45) is 0.167. The summed E-state index contributed by atoms with van der Waals surface area (Å²) >= 11 is 6.56. The Bertz CT molecular complexity index is 638. The number of ketones is 1. The maximum Gasteiger partial charge on any atom is 0.168 e. The van der Waals surface area contributed by atoms with Crippen LogP contribution in [-0.2, 0) is 6.42 Å². The summed E-state index contributed by atoms with van der Waals surface area (Å²) < 4.78 is 14.5. The van der Waals surface area contributed by atoms with Crippen molar-refractivity contribution in [3.05, 3.63) is 67.9 Å². The molecule has 0 heterocycles. The summed E-state index contributed by atoms with van der Waals surface area (Å²) in [5.74, 6) is -0.397. The molecule has 0 bridgehead atoms. The van der Waals surface area contributed by atoms with E-state index >= 15 is 0 Å². The Balaban J connectivity index is 2.28. The van der Waals surface area contributed by atoms with E-state index in [4.69, 9.17) is 0 Å². The standard InChI is InChI=1S/C15H11Br2FO/c1-9-5-6-11(12(16)7-9)14(19)8-10-3-2-4-13(18)15(10)17/h2-7H,8H2,1H3. The van der Waals surface area contributed by atoms with Crippen LogP contribution in [0.5, 0.6) is 0 Å². The molecule has 0 atom stereocenters. The lowest BCUT2D eigenvalue weighted by Crippen LogP contribution is -2.05. The number of Topliss-reactive ketones (excluding diaryl/α,β-unsaturated/α-hetero) is 1. The van der Waals surface area contributed by atoms with E-state index in [1.165, 1.54) is 6.07 Å². The smallest absolute Gasteiger partial charge is 0.168 e. The highest BCUT2D eigenvalue weighted by molar-refractivity contribution is 9.10. The predicted molar refractivity (Wildman–Crippen MR) is 81.0 cm³/mol. The Morgan fingerprint density at radius 3 is 2.63 bits per heavy atom. The van der Waals surface area contributed by atoms with Crippen LogP contribution < -0.4 is 0 Å². The zero-order valence-corrected chi connectivity index (χ0v) is 13.4. The lowest BCUT2D eigenvalue weighted by molar-refractivity contribution is 0.0992. The number of rotatable bonds is 3. The highest BCUT2D eigenvalue weighted by Gasteiger charge is 2.14. The fourth-order valence-electron chi connectivity index (χ4n) is 1.80. The van der Waals surface area contributed by atoms with Gasteiger partial charge in [0.05, 0.1) is 4.47 Å². The summed E-state index contributed by atoms with van der Waals surface area (Å²) in [4.78, 5) is 12.2. The molecule has 0 spiro atoms. The molecule has 2 rings (SSSR count). The molecule has 0 aliphatic heterocycles. The van der Waals surface area contributed by atoms with Gasteiger partial charge in [-0.2, -0.15) is 0 Å². The van der Waals surface area contributed by atoms with Crippen molar-refractivity contribution in [1.82, 2.24) is 0 Å². The Hall–Kier alpha value is -1.00. The molecule has 0 unspecified atom stereocenters. The third-order valence-corrected chi connectivity index (χ3v) is 4.35. The third-order valence-electron chi connectivity index (χ3n) is 2.81. The molecule has 1 nitrogen and oxygen atoms in total. The number of hydrogen-bond acceptors (Lipinski definition) is 1. The topological polar surface area (TPSA) is 17.1 Å². The minimum absolute atomic E-state index is 0.0434. The van der Waals surface area contributed by atoms with Gasteiger partial charge in [0.2, 0.25) is 0 Å². The van der Waals surface area contributed by atoms with Crippen LogP contribution in [0.2, 0.25) is 0 Å². The molecule has 0 aliphatic carbocycles. The first-order chi connectivity index (χ1) is 8.99. The molecule has 0 amide bonds. The van der Waals surface area contributed by atoms with Crippen LogP contribution in [0.1, 0.15) is 21.5 Å². The van der Waals surface area contributed by atoms with Gasteiger partial charge >= 0.3 is 0 Å². The lowest BCUT2D eigenvalue weighted by Gasteiger charge is -2.07. The molecule has 0 N–H and O–H groups in total. The minimum atomic E-state index is -0.353. The van der Waals surface area contributed by atoms with Crippen molar-refractivity contribution in [2.45, 2.75) is 13.3 Å². The van der Waals surface area contributed by atoms with E-state index in [0.29, 0.717) is 15.6 Å². The molecule has 0 saturated heterocycles. The summed E-state index contributed by atoms with van der Waals surface area (Å²) in [5.41, 5.74) is 2.34. The van der Waals surface area contributed by atoms with Gasteiger partial charge in [0.15, 0.2) is 5.78 Å². The van der Waals surface area contributed by atoms with Crippen LogP contribution in [0.3, 0.4) is 0 Å². The summed E-state index contributed by atoms with van der Waals surface area (Å²) in [6, 6.07) is 10.3. The van der Waals surface area contributed by atoms with E-state index in [2.05, 4.69) is 31.9 Å². The molecule has 0 saturated carbocycles. The second-order valence-corrected chi connectivity index (χ2v) is 5.94. The first kappa shape index (κ1) is 14.4. The van der Waals surface area contributed by atoms with Crippen LogP contribution in [0.4, 0.5) is 4.39 Å². The van der Waals surface area contributed by atoms with E-state index in [-0.39, 0.29) is 18.0 Å². The maximum absolute atomic E-state index is 13.4. The van der Waals surface area contributed by atoms with Crippen molar-refractivity contribution >= 4 is 37.6 Å². The quantitative estimate of drug-likeness (QED) is 0.673. The molecule has 19 heavy (non-hydrogen) atoms. The van der Waals surface area contributed by atoms with Crippen molar-refractivity contribution in [3.8, 4) is 0 Å². The SMILES string of the molecule is Cc1ccc(C(=O)Cc2cccc(F)c2Br)c(Br)c1. The predicted octanol–water partition coefficient (Wildman–Crippen LogP) is 5.08. The normalized spacial score (nSPS) is 10.5. The second kappa shape index (κ2) is 5.97. The molecular formula is C15H11Br2FO. The number of aryl methyl sites for hydroxylation is 1. The van der Waals surface area contributed by atoms with Gasteiger partial charge in [-0.15, -0.1) is 0 Å². The van der Waals surface area contributed by atoms with Gasteiger partial charge < -0.3 is 0 Å². The number of carbonyl (C=O) groups excluding carboxylic acids is 1. The van der Waals surface area contributed by atoms with Gasteiger partial charge in [-0.05, 0) is 52.2 Å². The van der Waals surface area contributed by atoms with Crippen LogP contribution in [0.25, 0.3) is 0 Å². The average Bonchev–Trinajstić information content (AvgIpc) is 2.34. The Labute approximate surface area is 128 Å². The first-order valence-corrected chi connectivity index (χ1v) is 7.30. The third kappa shape index (κ3) is 3.31. The molecule has 4 heteroatoms. The van der Waals surface area contributed by atoms with Gasteiger partial charge in [0.25, 0.3) is 0 Å². The highest BCUT2D eigenvalue weighted by atomic mass is 79.9. The minimum Gasteiger partial charge on any atom is -0.294 e.